The summed E-state index contributed by atoms with van der Waals surface area (Å²) in [7, 11) is 1.65. The molecule has 0 saturated heterocycles. The zero-order valence-corrected chi connectivity index (χ0v) is 12.2. The number of hydrogen-bond acceptors (Lipinski definition) is 5. The zero-order chi connectivity index (χ0) is 13.8. The maximum atomic E-state index is 5.71. The quantitative estimate of drug-likeness (QED) is 0.852. The number of nitrogens with two attached hydrogens (primary N) is 1. The Hall–Kier alpha value is -1.46. The number of aryl methyl sites for hydroxylation is 2. The van der Waals surface area contributed by atoms with Crippen LogP contribution in [-0.4, -0.2) is 12.1 Å². The predicted octanol–water partition coefficient (Wildman–Crippen LogP) is 3.05. The molecule has 0 fully saturated rings. The van der Waals surface area contributed by atoms with E-state index < -0.39 is 0 Å². The van der Waals surface area contributed by atoms with Gasteiger partial charge in [0.1, 0.15) is 11.5 Å². The molecule has 1 aromatic heterocycles. The summed E-state index contributed by atoms with van der Waals surface area (Å²) in [6, 6.07) is 6.05. The third kappa shape index (κ3) is 3.30. The van der Waals surface area contributed by atoms with Gasteiger partial charge in [-0.25, -0.2) is 4.98 Å². The van der Waals surface area contributed by atoms with E-state index in [-0.39, 0.29) is 0 Å². The predicted molar refractivity (Wildman–Crippen MR) is 76.4 cm³/mol. The normalized spacial score (nSPS) is 10.7. The van der Waals surface area contributed by atoms with E-state index in [1.807, 2.05) is 26.0 Å². The van der Waals surface area contributed by atoms with Crippen LogP contribution in [-0.2, 0) is 12.3 Å². The summed E-state index contributed by atoms with van der Waals surface area (Å²) in [5.74, 6) is 2.51. The van der Waals surface area contributed by atoms with Crippen LogP contribution in [0.2, 0.25) is 0 Å². The molecule has 2 N–H and O–H groups in total. The number of hydrogen-bond donors (Lipinski definition) is 1. The van der Waals surface area contributed by atoms with Gasteiger partial charge in [-0.1, -0.05) is 17.8 Å². The molecular formula is C14H18N2O2S. The lowest BCUT2D eigenvalue weighted by molar-refractivity contribution is 0.409. The average Bonchev–Trinajstić information content (AvgIpc) is 2.75. The third-order valence-corrected chi connectivity index (χ3v) is 3.84. The number of nitrogens with zero attached hydrogens (tertiary/aromatic N) is 1. The highest BCUT2D eigenvalue weighted by molar-refractivity contribution is 7.98. The highest BCUT2D eigenvalue weighted by atomic mass is 32.2. The molecule has 1 aromatic carbocycles. The molecule has 0 unspecified atom stereocenters. The van der Waals surface area contributed by atoms with Crippen LogP contribution in [0.4, 0.5) is 0 Å². The van der Waals surface area contributed by atoms with Crippen molar-refractivity contribution < 1.29 is 9.15 Å². The van der Waals surface area contributed by atoms with Gasteiger partial charge in [-0.15, -0.1) is 0 Å². The van der Waals surface area contributed by atoms with Gasteiger partial charge in [-0.05, 0) is 31.5 Å². The average molecular weight is 278 g/mol. The van der Waals surface area contributed by atoms with Gasteiger partial charge in [0.2, 0.25) is 0 Å². The van der Waals surface area contributed by atoms with Crippen LogP contribution in [0, 0.1) is 13.8 Å². The molecule has 0 spiro atoms. The van der Waals surface area contributed by atoms with E-state index in [0.717, 1.165) is 28.5 Å². The Kier molecular flexibility index (Phi) is 4.50. The number of thioether (sulfide) groups is 1. The monoisotopic (exact) mass is 278 g/mol. The van der Waals surface area contributed by atoms with E-state index in [2.05, 4.69) is 11.1 Å². The molecule has 2 aromatic rings. The molecule has 0 amide bonds. The lowest BCUT2D eigenvalue weighted by atomic mass is 10.1. The summed E-state index contributed by atoms with van der Waals surface area (Å²) in [6.45, 7) is 4.34. The number of rotatable bonds is 5. The largest absolute Gasteiger partial charge is 0.496 e. The fraction of sp³-hybridized carbons (Fsp3) is 0.357. The molecule has 0 bridgehead atoms. The molecule has 0 aliphatic rings. The number of ether oxygens (including phenoxy) is 1. The summed E-state index contributed by atoms with van der Waals surface area (Å²) >= 11 is 1.58. The molecular weight excluding hydrogens is 260 g/mol. The van der Waals surface area contributed by atoms with Gasteiger partial charge in [-0.3, -0.25) is 0 Å². The minimum absolute atomic E-state index is 0.471. The van der Waals surface area contributed by atoms with E-state index in [1.165, 1.54) is 5.56 Å². The van der Waals surface area contributed by atoms with Gasteiger partial charge < -0.3 is 14.9 Å². The molecule has 0 aliphatic carbocycles. The first kappa shape index (κ1) is 14.0. The maximum absolute atomic E-state index is 5.71. The SMILES string of the molecule is COc1ccc(CSc2nc(C)c(C)o2)cc1CN. The second-order valence-corrected chi connectivity index (χ2v) is 5.19. The van der Waals surface area contributed by atoms with Crippen LogP contribution < -0.4 is 10.5 Å². The highest BCUT2D eigenvalue weighted by Gasteiger charge is 2.08. The Morgan fingerprint density at radius 1 is 1.37 bits per heavy atom. The van der Waals surface area contributed by atoms with Gasteiger partial charge in [0.15, 0.2) is 0 Å². The van der Waals surface area contributed by atoms with Gasteiger partial charge in [0.05, 0.1) is 12.8 Å². The Balaban J connectivity index is 2.07. The lowest BCUT2D eigenvalue weighted by Crippen LogP contribution is -2.00. The van der Waals surface area contributed by atoms with Crippen molar-refractivity contribution in [2.75, 3.05) is 7.11 Å². The third-order valence-electron chi connectivity index (χ3n) is 2.94. The van der Waals surface area contributed by atoms with Crippen molar-refractivity contribution in [1.82, 2.24) is 4.98 Å². The zero-order valence-electron chi connectivity index (χ0n) is 11.4. The number of benzene rings is 1. The summed E-state index contributed by atoms with van der Waals surface area (Å²) in [4.78, 5) is 4.35. The van der Waals surface area contributed by atoms with Crippen LogP contribution in [0.3, 0.4) is 0 Å². The fourth-order valence-corrected chi connectivity index (χ4v) is 2.59. The summed E-state index contributed by atoms with van der Waals surface area (Å²) in [5, 5.41) is 0.708. The van der Waals surface area contributed by atoms with Crippen LogP contribution in [0.15, 0.2) is 27.8 Å². The van der Waals surface area contributed by atoms with Gasteiger partial charge >= 0.3 is 0 Å². The number of oxazole rings is 1. The van der Waals surface area contributed by atoms with Gasteiger partial charge in [-0.2, -0.15) is 0 Å². The van der Waals surface area contributed by atoms with Crippen LogP contribution in [0.25, 0.3) is 0 Å². The first-order chi connectivity index (χ1) is 9.13. The van der Waals surface area contributed by atoms with E-state index in [9.17, 15) is 0 Å². The molecule has 0 radical (unpaired) electrons. The van der Waals surface area contributed by atoms with E-state index in [0.29, 0.717) is 11.8 Å². The Morgan fingerprint density at radius 2 is 2.16 bits per heavy atom. The summed E-state index contributed by atoms with van der Waals surface area (Å²) in [6.07, 6.45) is 0. The number of methoxy groups -OCH3 is 1. The van der Waals surface area contributed by atoms with Crippen molar-refractivity contribution in [3.63, 3.8) is 0 Å². The molecule has 0 atom stereocenters. The Labute approximate surface area is 117 Å². The highest BCUT2D eigenvalue weighted by Crippen LogP contribution is 2.26. The van der Waals surface area contributed by atoms with Crippen LogP contribution in [0.1, 0.15) is 22.6 Å². The van der Waals surface area contributed by atoms with Crippen molar-refractivity contribution in [3.8, 4) is 5.75 Å². The Morgan fingerprint density at radius 3 is 2.74 bits per heavy atom. The minimum Gasteiger partial charge on any atom is -0.496 e. The van der Waals surface area contributed by atoms with Crippen LogP contribution >= 0.6 is 11.8 Å². The van der Waals surface area contributed by atoms with E-state index in [1.54, 1.807) is 18.9 Å². The summed E-state index contributed by atoms with van der Waals surface area (Å²) < 4.78 is 10.8. The molecule has 19 heavy (non-hydrogen) atoms. The van der Waals surface area contributed by atoms with Gasteiger partial charge in [0, 0.05) is 17.9 Å². The second-order valence-electron chi connectivity index (χ2n) is 4.26. The maximum Gasteiger partial charge on any atom is 0.256 e. The van der Waals surface area contributed by atoms with Gasteiger partial charge in [0.25, 0.3) is 5.22 Å². The first-order valence-corrected chi connectivity index (χ1v) is 7.05. The van der Waals surface area contributed by atoms with Crippen molar-refractivity contribution in [2.45, 2.75) is 31.4 Å². The minimum atomic E-state index is 0.471. The molecule has 2 rings (SSSR count). The smallest absolute Gasteiger partial charge is 0.256 e. The molecule has 0 saturated carbocycles. The fourth-order valence-electron chi connectivity index (χ4n) is 1.73. The van der Waals surface area contributed by atoms with Crippen molar-refractivity contribution in [3.05, 3.63) is 40.8 Å². The topological polar surface area (TPSA) is 61.3 Å². The molecule has 102 valence electrons. The molecule has 1 heterocycles. The Bertz CT molecular complexity index is 547. The summed E-state index contributed by atoms with van der Waals surface area (Å²) in [5.41, 5.74) is 8.85. The first-order valence-electron chi connectivity index (χ1n) is 6.06. The molecule has 0 aliphatic heterocycles. The van der Waals surface area contributed by atoms with Crippen LogP contribution in [0.5, 0.6) is 5.75 Å². The second kappa shape index (κ2) is 6.12. The van der Waals surface area contributed by atoms with Crippen molar-refractivity contribution >= 4 is 11.8 Å². The lowest BCUT2D eigenvalue weighted by Gasteiger charge is -2.08. The van der Waals surface area contributed by atoms with Crippen molar-refractivity contribution in [2.24, 2.45) is 5.73 Å². The molecule has 4 nitrogen and oxygen atoms in total. The van der Waals surface area contributed by atoms with E-state index in [4.69, 9.17) is 14.9 Å². The molecule has 5 heteroatoms. The van der Waals surface area contributed by atoms with E-state index >= 15 is 0 Å². The van der Waals surface area contributed by atoms with Crippen molar-refractivity contribution in [1.29, 1.82) is 0 Å². The number of aromatic nitrogens is 1. The standard InChI is InChI=1S/C14H18N2O2S/c1-9-10(2)18-14(16-9)19-8-11-4-5-13(17-3)12(6-11)7-15/h4-6H,7-8,15H2,1-3H3.